The molecule has 0 spiro atoms. The van der Waals surface area contributed by atoms with Crippen molar-refractivity contribution in [2.75, 3.05) is 11.9 Å². The van der Waals surface area contributed by atoms with Crippen LogP contribution in [0.2, 0.25) is 0 Å². The smallest absolute Gasteiger partial charge is 0.271 e. The van der Waals surface area contributed by atoms with Gasteiger partial charge in [0.05, 0.1) is 24.0 Å². The van der Waals surface area contributed by atoms with Gasteiger partial charge in [0.2, 0.25) is 0 Å². The summed E-state index contributed by atoms with van der Waals surface area (Å²) in [5, 5.41) is 14.5. The largest absolute Gasteiger partial charge is 0.369 e. The van der Waals surface area contributed by atoms with Crippen LogP contribution in [0.15, 0.2) is 36.7 Å². The van der Waals surface area contributed by atoms with Gasteiger partial charge in [-0.1, -0.05) is 12.1 Å². The van der Waals surface area contributed by atoms with Crippen molar-refractivity contribution in [2.45, 2.75) is 13.5 Å². The fourth-order valence-corrected chi connectivity index (χ4v) is 1.69. The third-order valence-corrected chi connectivity index (χ3v) is 2.78. The summed E-state index contributed by atoms with van der Waals surface area (Å²) in [7, 11) is 0. The number of nitriles is 1. The van der Waals surface area contributed by atoms with Crippen LogP contribution in [-0.4, -0.2) is 22.4 Å². The van der Waals surface area contributed by atoms with E-state index in [1.54, 1.807) is 24.3 Å². The predicted octanol–water partition coefficient (Wildman–Crippen LogP) is 1.71. The molecule has 0 saturated carbocycles. The number of hydrogen-bond acceptors (Lipinski definition) is 5. The molecule has 2 N–H and O–H groups in total. The summed E-state index contributed by atoms with van der Waals surface area (Å²) in [5.41, 5.74) is 1.78. The van der Waals surface area contributed by atoms with Crippen molar-refractivity contribution >= 4 is 11.7 Å². The SMILES string of the molecule is CCNc1cnc(C(=O)NCc2ccc(C#N)cc2)cn1. The van der Waals surface area contributed by atoms with Crippen molar-refractivity contribution in [3.05, 3.63) is 53.5 Å². The maximum atomic E-state index is 11.9. The highest BCUT2D eigenvalue weighted by Gasteiger charge is 2.07. The first-order valence-corrected chi connectivity index (χ1v) is 6.56. The van der Waals surface area contributed by atoms with Gasteiger partial charge in [0, 0.05) is 13.1 Å². The Labute approximate surface area is 122 Å². The standard InChI is InChI=1S/C15H15N5O/c1-2-17-14-10-18-13(9-19-14)15(21)20-8-12-5-3-11(7-16)4-6-12/h3-6,9-10H,2,8H2,1H3,(H,17,19)(H,20,21). The number of nitrogens with one attached hydrogen (secondary N) is 2. The van der Waals surface area contributed by atoms with Gasteiger partial charge in [-0.25, -0.2) is 9.97 Å². The molecule has 1 amide bonds. The molecule has 21 heavy (non-hydrogen) atoms. The number of nitrogens with zero attached hydrogens (tertiary/aromatic N) is 3. The van der Waals surface area contributed by atoms with E-state index in [9.17, 15) is 4.79 Å². The van der Waals surface area contributed by atoms with Gasteiger partial charge >= 0.3 is 0 Å². The quantitative estimate of drug-likeness (QED) is 0.870. The summed E-state index contributed by atoms with van der Waals surface area (Å²) in [4.78, 5) is 20.1. The fraction of sp³-hybridized carbons (Fsp3) is 0.200. The second-order valence-corrected chi connectivity index (χ2v) is 4.31. The molecule has 0 aliphatic heterocycles. The van der Waals surface area contributed by atoms with Gasteiger partial charge in [-0.2, -0.15) is 5.26 Å². The van der Waals surface area contributed by atoms with E-state index in [4.69, 9.17) is 5.26 Å². The van der Waals surface area contributed by atoms with Gasteiger partial charge in [-0.15, -0.1) is 0 Å². The zero-order valence-corrected chi connectivity index (χ0v) is 11.6. The molecule has 1 heterocycles. The minimum absolute atomic E-state index is 0.269. The molecule has 0 aliphatic rings. The Morgan fingerprint density at radius 1 is 1.24 bits per heavy atom. The Hall–Kier alpha value is -2.94. The molecule has 1 aromatic heterocycles. The Balaban J connectivity index is 1.93. The van der Waals surface area contributed by atoms with Crippen molar-refractivity contribution in [1.29, 1.82) is 5.26 Å². The minimum Gasteiger partial charge on any atom is -0.369 e. The van der Waals surface area contributed by atoms with Crippen molar-refractivity contribution in [2.24, 2.45) is 0 Å². The van der Waals surface area contributed by atoms with Gasteiger partial charge in [0.15, 0.2) is 0 Å². The molecule has 2 rings (SSSR count). The molecule has 6 heteroatoms. The lowest BCUT2D eigenvalue weighted by atomic mass is 10.1. The molecule has 106 valence electrons. The number of aromatic nitrogens is 2. The lowest BCUT2D eigenvalue weighted by Gasteiger charge is -2.06. The predicted molar refractivity (Wildman–Crippen MR) is 78.5 cm³/mol. The zero-order valence-electron chi connectivity index (χ0n) is 11.6. The summed E-state index contributed by atoms with van der Waals surface area (Å²) in [6.07, 6.45) is 2.96. The van der Waals surface area contributed by atoms with E-state index in [-0.39, 0.29) is 11.6 Å². The molecule has 0 radical (unpaired) electrons. The minimum atomic E-state index is -0.282. The van der Waals surface area contributed by atoms with Crippen LogP contribution < -0.4 is 10.6 Å². The Morgan fingerprint density at radius 3 is 2.57 bits per heavy atom. The molecule has 2 aromatic rings. The summed E-state index contributed by atoms with van der Waals surface area (Å²) in [6, 6.07) is 9.09. The van der Waals surface area contributed by atoms with Crippen LogP contribution in [0.3, 0.4) is 0 Å². The van der Waals surface area contributed by atoms with E-state index in [2.05, 4.69) is 20.6 Å². The van der Waals surface area contributed by atoms with E-state index in [1.165, 1.54) is 12.4 Å². The van der Waals surface area contributed by atoms with Crippen molar-refractivity contribution in [3.8, 4) is 6.07 Å². The van der Waals surface area contributed by atoms with Gasteiger partial charge < -0.3 is 10.6 Å². The number of rotatable bonds is 5. The summed E-state index contributed by atoms with van der Waals surface area (Å²) >= 11 is 0. The number of anilines is 1. The van der Waals surface area contributed by atoms with E-state index in [0.29, 0.717) is 17.9 Å². The van der Waals surface area contributed by atoms with Gasteiger partial charge in [0.25, 0.3) is 5.91 Å². The fourth-order valence-electron chi connectivity index (χ4n) is 1.69. The monoisotopic (exact) mass is 281 g/mol. The summed E-state index contributed by atoms with van der Waals surface area (Å²) in [5.74, 6) is 0.357. The maximum Gasteiger partial charge on any atom is 0.271 e. The first-order valence-electron chi connectivity index (χ1n) is 6.56. The highest BCUT2D eigenvalue weighted by atomic mass is 16.1. The topological polar surface area (TPSA) is 90.7 Å². The average Bonchev–Trinajstić information content (AvgIpc) is 2.54. The van der Waals surface area contributed by atoms with E-state index in [1.807, 2.05) is 13.0 Å². The normalized spacial score (nSPS) is 9.71. The summed E-state index contributed by atoms with van der Waals surface area (Å²) < 4.78 is 0. The lowest BCUT2D eigenvalue weighted by Crippen LogP contribution is -2.24. The Bertz CT molecular complexity index is 643. The maximum absolute atomic E-state index is 11.9. The second-order valence-electron chi connectivity index (χ2n) is 4.31. The highest BCUT2D eigenvalue weighted by molar-refractivity contribution is 5.91. The first kappa shape index (κ1) is 14.5. The van der Waals surface area contributed by atoms with Crippen LogP contribution in [0.1, 0.15) is 28.5 Å². The van der Waals surface area contributed by atoms with Crippen LogP contribution in [0, 0.1) is 11.3 Å². The molecular formula is C15H15N5O. The lowest BCUT2D eigenvalue weighted by molar-refractivity contribution is 0.0945. The second kappa shape index (κ2) is 7.01. The molecule has 0 unspecified atom stereocenters. The molecule has 0 aliphatic carbocycles. The first-order chi connectivity index (χ1) is 10.2. The Kier molecular flexibility index (Phi) is 4.83. The van der Waals surface area contributed by atoms with Crippen LogP contribution >= 0.6 is 0 Å². The van der Waals surface area contributed by atoms with Crippen LogP contribution in [0.25, 0.3) is 0 Å². The number of amides is 1. The molecule has 0 fully saturated rings. The molecule has 0 saturated heterocycles. The van der Waals surface area contributed by atoms with Crippen LogP contribution in [0.4, 0.5) is 5.82 Å². The third-order valence-electron chi connectivity index (χ3n) is 2.78. The number of carbonyl (C=O) groups is 1. The number of hydrogen-bond donors (Lipinski definition) is 2. The van der Waals surface area contributed by atoms with E-state index < -0.39 is 0 Å². The molecule has 0 atom stereocenters. The number of carbonyl (C=O) groups excluding carboxylic acids is 1. The number of benzene rings is 1. The van der Waals surface area contributed by atoms with Crippen molar-refractivity contribution in [1.82, 2.24) is 15.3 Å². The molecule has 0 bridgehead atoms. The highest BCUT2D eigenvalue weighted by Crippen LogP contribution is 2.04. The third kappa shape index (κ3) is 4.01. The molecule has 6 nitrogen and oxygen atoms in total. The molecular weight excluding hydrogens is 266 g/mol. The van der Waals surface area contributed by atoms with Crippen LogP contribution in [0.5, 0.6) is 0 Å². The van der Waals surface area contributed by atoms with Crippen LogP contribution in [-0.2, 0) is 6.54 Å². The van der Waals surface area contributed by atoms with Gasteiger partial charge in [-0.3, -0.25) is 4.79 Å². The van der Waals surface area contributed by atoms with Gasteiger partial charge in [0.1, 0.15) is 11.5 Å². The average molecular weight is 281 g/mol. The van der Waals surface area contributed by atoms with E-state index >= 15 is 0 Å². The summed E-state index contributed by atoms with van der Waals surface area (Å²) in [6.45, 7) is 3.08. The van der Waals surface area contributed by atoms with E-state index in [0.717, 1.165) is 12.1 Å². The van der Waals surface area contributed by atoms with Crippen molar-refractivity contribution in [3.63, 3.8) is 0 Å². The Morgan fingerprint density at radius 2 is 2.00 bits per heavy atom. The zero-order chi connectivity index (χ0) is 15.1. The van der Waals surface area contributed by atoms with Gasteiger partial charge in [-0.05, 0) is 24.6 Å². The van der Waals surface area contributed by atoms with Crippen molar-refractivity contribution < 1.29 is 4.79 Å². The molecule has 1 aromatic carbocycles.